The quantitative estimate of drug-likeness (QED) is 0.0222. The number of esters is 4. The normalized spacial score (nSPS) is 14.4. The molecular weight excluding hydrogens is 1190 g/mol. The molecular formula is C71H138O17P2. The van der Waals surface area contributed by atoms with Crippen molar-refractivity contribution in [2.75, 3.05) is 39.6 Å². The van der Waals surface area contributed by atoms with Crippen LogP contribution in [0.25, 0.3) is 0 Å². The van der Waals surface area contributed by atoms with Crippen molar-refractivity contribution in [2.45, 2.75) is 381 Å². The SMILES string of the molecule is CCCCCCCCCCCCCCCCCCCCCCC(=O)O[C@H](COC(=O)CCCCCCCCCCC(C)CC)COP(=O)(O)OC[C@@H](O)COP(=O)(O)OC[C@@H](COC(=O)CCCCCCCCCC)OC(=O)CCCCCCCCCC(C)C. The van der Waals surface area contributed by atoms with Crippen molar-refractivity contribution in [3.05, 3.63) is 0 Å². The fourth-order valence-corrected chi connectivity index (χ4v) is 12.3. The van der Waals surface area contributed by atoms with E-state index in [1.54, 1.807) is 0 Å². The molecule has 0 rings (SSSR count). The van der Waals surface area contributed by atoms with Crippen molar-refractivity contribution in [1.29, 1.82) is 0 Å². The lowest BCUT2D eigenvalue weighted by molar-refractivity contribution is -0.161. The standard InChI is InChI=1S/C71H138O17P2/c1-7-10-12-14-16-18-19-20-21-22-23-24-25-26-27-28-29-37-43-49-55-70(75)87-66(60-82-69(74)54-48-42-36-31-30-34-40-46-52-64(6)9-3)61-85-89(77,78)83-57-65(72)58-84-90(79,80)86-62-67(59-81-68(73)53-47-41-35-17-15-13-11-8-2)88-71(76)56-50-44-38-32-33-39-45-51-63(4)5/h63-67,72H,7-62H2,1-6H3,(H,77,78)(H,79,80)/t64?,65-,66-,67-/m1/s1. The Kier molecular flexibility index (Phi) is 61.8. The molecule has 17 nitrogen and oxygen atoms in total. The molecule has 19 heteroatoms. The van der Waals surface area contributed by atoms with Crippen LogP contribution in [0.2, 0.25) is 0 Å². The van der Waals surface area contributed by atoms with E-state index in [0.29, 0.717) is 31.6 Å². The van der Waals surface area contributed by atoms with Gasteiger partial charge < -0.3 is 33.8 Å². The van der Waals surface area contributed by atoms with Gasteiger partial charge in [0.2, 0.25) is 0 Å². The van der Waals surface area contributed by atoms with Gasteiger partial charge in [-0.25, -0.2) is 9.13 Å². The molecule has 0 aromatic rings. The minimum absolute atomic E-state index is 0.103. The first-order valence-corrected chi connectivity index (χ1v) is 40.0. The molecule has 3 N–H and O–H groups in total. The van der Waals surface area contributed by atoms with Crippen molar-refractivity contribution in [1.82, 2.24) is 0 Å². The second-order valence-corrected chi connectivity index (χ2v) is 29.3. The van der Waals surface area contributed by atoms with Gasteiger partial charge in [0.1, 0.15) is 19.3 Å². The van der Waals surface area contributed by atoms with E-state index in [9.17, 15) is 43.2 Å². The number of unbranched alkanes of at least 4 members (excludes halogenated alkanes) is 39. The average Bonchev–Trinajstić information content (AvgIpc) is 3.70. The summed E-state index contributed by atoms with van der Waals surface area (Å²) in [5, 5.41) is 10.6. The number of carbonyl (C=O) groups is 4. The van der Waals surface area contributed by atoms with E-state index in [4.69, 9.17) is 37.0 Å². The maximum Gasteiger partial charge on any atom is 0.472 e. The Balaban J connectivity index is 5.17. The minimum atomic E-state index is -4.95. The number of hydrogen-bond donors (Lipinski definition) is 3. The van der Waals surface area contributed by atoms with Crippen LogP contribution in [0.3, 0.4) is 0 Å². The van der Waals surface area contributed by atoms with E-state index >= 15 is 0 Å². The Morgan fingerprint density at radius 3 is 0.844 bits per heavy atom. The van der Waals surface area contributed by atoms with E-state index in [0.717, 1.165) is 102 Å². The second-order valence-electron chi connectivity index (χ2n) is 26.3. The number of hydrogen-bond acceptors (Lipinski definition) is 15. The summed E-state index contributed by atoms with van der Waals surface area (Å²) in [4.78, 5) is 72.4. The van der Waals surface area contributed by atoms with Gasteiger partial charge in [0, 0.05) is 25.7 Å². The topological polar surface area (TPSA) is 237 Å². The lowest BCUT2D eigenvalue weighted by Crippen LogP contribution is -2.30. The highest BCUT2D eigenvalue weighted by atomic mass is 31.2. The molecule has 0 aromatic heterocycles. The number of aliphatic hydroxyl groups is 1. The fourth-order valence-electron chi connectivity index (χ4n) is 10.7. The molecule has 3 unspecified atom stereocenters. The first-order valence-electron chi connectivity index (χ1n) is 37.0. The molecule has 0 heterocycles. The van der Waals surface area contributed by atoms with E-state index in [-0.39, 0.29) is 25.7 Å². The van der Waals surface area contributed by atoms with Crippen LogP contribution in [-0.4, -0.2) is 96.7 Å². The average molecular weight is 1330 g/mol. The number of carbonyl (C=O) groups excluding carboxylic acids is 4. The molecule has 6 atom stereocenters. The maximum absolute atomic E-state index is 13.0. The summed E-state index contributed by atoms with van der Waals surface area (Å²) < 4.78 is 68.2. The number of rotatable bonds is 70. The maximum atomic E-state index is 13.0. The largest absolute Gasteiger partial charge is 0.472 e. The van der Waals surface area contributed by atoms with Crippen molar-refractivity contribution in [3.8, 4) is 0 Å². The highest BCUT2D eigenvalue weighted by Crippen LogP contribution is 2.45. The zero-order chi connectivity index (χ0) is 66.5. The van der Waals surface area contributed by atoms with Crippen molar-refractivity contribution >= 4 is 39.5 Å². The molecule has 0 saturated carbocycles. The summed E-state index contributed by atoms with van der Waals surface area (Å²) in [5.74, 6) is -0.656. The molecule has 0 amide bonds. The van der Waals surface area contributed by atoms with Gasteiger partial charge >= 0.3 is 39.5 Å². The van der Waals surface area contributed by atoms with E-state index in [2.05, 4.69) is 41.5 Å². The Labute approximate surface area is 549 Å². The van der Waals surface area contributed by atoms with Crippen LogP contribution in [0.4, 0.5) is 0 Å². The first kappa shape index (κ1) is 88.1. The monoisotopic (exact) mass is 1320 g/mol. The highest BCUT2D eigenvalue weighted by molar-refractivity contribution is 7.47. The zero-order valence-electron chi connectivity index (χ0n) is 58.4. The Morgan fingerprint density at radius 2 is 0.567 bits per heavy atom. The molecule has 0 bridgehead atoms. The third kappa shape index (κ3) is 63.5. The van der Waals surface area contributed by atoms with Crippen LogP contribution >= 0.6 is 15.6 Å². The summed E-state index contributed by atoms with van der Waals surface area (Å²) in [6.45, 7) is 9.46. The molecule has 0 aromatic carbocycles. The molecule has 0 aliphatic rings. The Morgan fingerprint density at radius 1 is 0.322 bits per heavy atom. The van der Waals surface area contributed by atoms with Gasteiger partial charge in [-0.15, -0.1) is 0 Å². The van der Waals surface area contributed by atoms with Crippen molar-refractivity contribution < 1.29 is 80.2 Å². The fraction of sp³-hybridized carbons (Fsp3) is 0.944. The number of aliphatic hydroxyl groups excluding tert-OH is 1. The summed E-state index contributed by atoms with van der Waals surface area (Å²) >= 11 is 0. The molecule has 0 fully saturated rings. The number of ether oxygens (including phenoxy) is 4. The van der Waals surface area contributed by atoms with E-state index in [1.807, 2.05) is 0 Å². The van der Waals surface area contributed by atoms with E-state index in [1.165, 1.54) is 173 Å². The molecule has 0 radical (unpaired) electrons. The summed E-state index contributed by atoms with van der Waals surface area (Å²) in [7, 11) is -9.90. The second kappa shape index (κ2) is 63.1. The smallest absolute Gasteiger partial charge is 0.462 e. The summed E-state index contributed by atoms with van der Waals surface area (Å²) in [5.41, 5.74) is 0. The summed E-state index contributed by atoms with van der Waals surface area (Å²) in [6.07, 6.45) is 48.8. The van der Waals surface area contributed by atoms with Gasteiger partial charge in [0.05, 0.1) is 26.4 Å². The molecule has 0 saturated heterocycles. The Hall–Kier alpha value is -1.94. The van der Waals surface area contributed by atoms with Crippen LogP contribution in [0, 0.1) is 11.8 Å². The number of phosphoric ester groups is 2. The zero-order valence-corrected chi connectivity index (χ0v) is 60.2. The van der Waals surface area contributed by atoms with Gasteiger partial charge in [-0.05, 0) is 37.5 Å². The van der Waals surface area contributed by atoms with Gasteiger partial charge in [0.25, 0.3) is 0 Å². The first-order chi connectivity index (χ1) is 43.4. The molecule has 0 aliphatic carbocycles. The molecule has 0 aliphatic heterocycles. The van der Waals surface area contributed by atoms with Crippen LogP contribution in [0.1, 0.15) is 363 Å². The third-order valence-electron chi connectivity index (χ3n) is 16.8. The Bertz CT molecular complexity index is 1750. The lowest BCUT2D eigenvalue weighted by atomic mass is 9.99. The van der Waals surface area contributed by atoms with Gasteiger partial charge in [-0.2, -0.15) is 0 Å². The van der Waals surface area contributed by atoms with Crippen LogP contribution in [0.15, 0.2) is 0 Å². The van der Waals surface area contributed by atoms with Crippen molar-refractivity contribution in [2.24, 2.45) is 11.8 Å². The predicted molar refractivity (Wildman–Crippen MR) is 363 cm³/mol. The number of phosphoric acid groups is 2. The molecule has 0 spiro atoms. The van der Waals surface area contributed by atoms with Gasteiger partial charge in [0.15, 0.2) is 12.2 Å². The minimum Gasteiger partial charge on any atom is -0.462 e. The molecule has 90 heavy (non-hydrogen) atoms. The van der Waals surface area contributed by atoms with E-state index < -0.39 is 97.5 Å². The predicted octanol–water partition coefficient (Wildman–Crippen LogP) is 20.4. The van der Waals surface area contributed by atoms with Gasteiger partial charge in [-0.1, -0.05) is 311 Å². The van der Waals surface area contributed by atoms with Crippen LogP contribution < -0.4 is 0 Å². The third-order valence-corrected chi connectivity index (χ3v) is 18.7. The van der Waals surface area contributed by atoms with Crippen LogP contribution in [-0.2, 0) is 65.4 Å². The van der Waals surface area contributed by atoms with Crippen LogP contribution in [0.5, 0.6) is 0 Å². The highest BCUT2D eigenvalue weighted by Gasteiger charge is 2.30. The molecule has 534 valence electrons. The van der Waals surface area contributed by atoms with Gasteiger partial charge in [-0.3, -0.25) is 37.3 Å². The van der Waals surface area contributed by atoms with Crippen molar-refractivity contribution in [3.63, 3.8) is 0 Å². The lowest BCUT2D eigenvalue weighted by Gasteiger charge is -2.21. The summed E-state index contributed by atoms with van der Waals surface area (Å²) in [6, 6.07) is 0.